The molecule has 2 heterocycles. The van der Waals surface area contributed by atoms with E-state index in [-0.39, 0.29) is 5.41 Å². The maximum absolute atomic E-state index is 5.46. The average Bonchev–Trinajstić information content (AvgIpc) is 3.06. The number of nitrogens with one attached hydrogen (secondary N) is 1. The SMILES string of the molecule is CC(C)(C)c1ccccc1-n1c(-c2cccs2)n[nH]c1=S. The van der Waals surface area contributed by atoms with E-state index in [1.54, 1.807) is 11.3 Å². The number of para-hydroxylation sites is 1. The van der Waals surface area contributed by atoms with Gasteiger partial charge in [-0.25, -0.2) is 0 Å². The number of thiophene rings is 1. The maximum Gasteiger partial charge on any atom is 0.200 e. The van der Waals surface area contributed by atoms with E-state index in [4.69, 9.17) is 12.2 Å². The van der Waals surface area contributed by atoms with Crippen molar-refractivity contribution in [3.63, 3.8) is 0 Å². The lowest BCUT2D eigenvalue weighted by molar-refractivity contribution is 0.586. The first-order valence-corrected chi connectivity index (χ1v) is 8.08. The molecule has 0 radical (unpaired) electrons. The molecule has 0 amide bonds. The topological polar surface area (TPSA) is 33.6 Å². The van der Waals surface area contributed by atoms with Crippen LogP contribution < -0.4 is 0 Å². The van der Waals surface area contributed by atoms with Gasteiger partial charge in [0.25, 0.3) is 0 Å². The predicted octanol–water partition coefficient (Wildman–Crippen LogP) is 4.96. The molecule has 0 saturated carbocycles. The Morgan fingerprint density at radius 2 is 1.90 bits per heavy atom. The highest BCUT2D eigenvalue weighted by Crippen LogP contribution is 2.32. The standard InChI is InChI=1S/C16H17N3S2/c1-16(2,3)11-7-4-5-8-12(11)19-14(17-18-15(19)20)13-9-6-10-21-13/h4-10H,1-3H3,(H,18,20). The van der Waals surface area contributed by atoms with Gasteiger partial charge >= 0.3 is 0 Å². The lowest BCUT2D eigenvalue weighted by Gasteiger charge is -2.23. The second-order valence-electron chi connectivity index (χ2n) is 5.93. The summed E-state index contributed by atoms with van der Waals surface area (Å²) in [6, 6.07) is 12.4. The third-order valence-electron chi connectivity index (χ3n) is 3.37. The van der Waals surface area contributed by atoms with E-state index < -0.39 is 0 Å². The van der Waals surface area contributed by atoms with Gasteiger partial charge in [-0.05, 0) is 40.7 Å². The largest absolute Gasteiger partial charge is 0.267 e. The molecule has 0 bridgehead atoms. The van der Waals surface area contributed by atoms with E-state index in [1.807, 2.05) is 22.1 Å². The molecular formula is C16H17N3S2. The monoisotopic (exact) mass is 315 g/mol. The first-order chi connectivity index (χ1) is 9.98. The van der Waals surface area contributed by atoms with Crippen LogP contribution in [-0.4, -0.2) is 14.8 Å². The number of hydrogen-bond acceptors (Lipinski definition) is 3. The fourth-order valence-corrected chi connectivity index (χ4v) is 3.33. The van der Waals surface area contributed by atoms with E-state index >= 15 is 0 Å². The van der Waals surface area contributed by atoms with Crippen molar-refractivity contribution >= 4 is 23.6 Å². The molecule has 0 fully saturated rings. The summed E-state index contributed by atoms with van der Waals surface area (Å²) in [5.74, 6) is 0.867. The fourth-order valence-electron chi connectivity index (χ4n) is 2.39. The van der Waals surface area contributed by atoms with Crippen LogP contribution in [0.2, 0.25) is 0 Å². The van der Waals surface area contributed by atoms with E-state index in [0.717, 1.165) is 16.4 Å². The molecule has 0 atom stereocenters. The first kappa shape index (κ1) is 14.2. The Balaban J connectivity index is 2.28. The first-order valence-electron chi connectivity index (χ1n) is 6.79. The normalized spacial score (nSPS) is 11.8. The van der Waals surface area contributed by atoms with Crippen LogP contribution in [0, 0.1) is 4.77 Å². The Morgan fingerprint density at radius 3 is 2.57 bits per heavy atom. The minimum Gasteiger partial charge on any atom is -0.267 e. The van der Waals surface area contributed by atoms with Crippen molar-refractivity contribution in [3.05, 3.63) is 52.1 Å². The fraction of sp³-hybridized carbons (Fsp3) is 0.250. The summed E-state index contributed by atoms with van der Waals surface area (Å²) in [5, 5.41) is 9.39. The quantitative estimate of drug-likeness (QED) is 0.678. The van der Waals surface area contributed by atoms with Gasteiger partial charge in [0.05, 0.1) is 10.6 Å². The molecule has 1 aromatic carbocycles. The van der Waals surface area contributed by atoms with E-state index in [1.165, 1.54) is 5.56 Å². The van der Waals surface area contributed by atoms with Gasteiger partial charge in [0, 0.05) is 0 Å². The third kappa shape index (κ3) is 2.59. The van der Waals surface area contributed by atoms with Gasteiger partial charge in [-0.15, -0.1) is 11.3 Å². The van der Waals surface area contributed by atoms with E-state index in [2.05, 4.69) is 55.2 Å². The number of hydrogen-bond donors (Lipinski definition) is 1. The van der Waals surface area contributed by atoms with Crippen molar-refractivity contribution in [1.82, 2.24) is 14.8 Å². The van der Waals surface area contributed by atoms with Crippen LogP contribution in [0.3, 0.4) is 0 Å². The number of rotatable bonds is 2. The molecule has 1 N–H and O–H groups in total. The zero-order valence-electron chi connectivity index (χ0n) is 12.3. The van der Waals surface area contributed by atoms with Gasteiger partial charge in [-0.3, -0.25) is 9.67 Å². The Labute approximate surface area is 133 Å². The number of nitrogens with zero attached hydrogens (tertiary/aromatic N) is 2. The Bertz CT molecular complexity index is 805. The second-order valence-corrected chi connectivity index (χ2v) is 7.27. The van der Waals surface area contributed by atoms with Crippen LogP contribution in [0.1, 0.15) is 26.3 Å². The highest BCUT2D eigenvalue weighted by atomic mass is 32.1. The Morgan fingerprint density at radius 1 is 1.14 bits per heavy atom. The zero-order valence-corrected chi connectivity index (χ0v) is 13.9. The van der Waals surface area contributed by atoms with Crippen molar-refractivity contribution in [3.8, 4) is 16.4 Å². The average molecular weight is 315 g/mol. The summed E-state index contributed by atoms with van der Waals surface area (Å²) >= 11 is 7.12. The van der Waals surface area contributed by atoms with Gasteiger partial charge in [0.15, 0.2) is 10.6 Å². The molecule has 3 nitrogen and oxygen atoms in total. The van der Waals surface area contributed by atoms with E-state index in [0.29, 0.717) is 4.77 Å². The van der Waals surface area contributed by atoms with Crippen molar-refractivity contribution in [2.75, 3.05) is 0 Å². The lowest BCUT2D eigenvalue weighted by Crippen LogP contribution is -2.15. The van der Waals surface area contributed by atoms with Crippen molar-refractivity contribution in [2.24, 2.45) is 0 Å². The molecule has 0 saturated heterocycles. The zero-order chi connectivity index (χ0) is 15.0. The van der Waals surface area contributed by atoms with E-state index in [9.17, 15) is 0 Å². The van der Waals surface area contributed by atoms with Crippen molar-refractivity contribution < 1.29 is 0 Å². The third-order valence-corrected chi connectivity index (χ3v) is 4.51. The molecule has 108 valence electrons. The molecule has 0 spiro atoms. The molecule has 3 rings (SSSR count). The summed E-state index contributed by atoms with van der Waals surface area (Å²) in [5.41, 5.74) is 2.38. The minimum atomic E-state index is 0.0371. The molecule has 5 heteroatoms. The highest BCUT2D eigenvalue weighted by Gasteiger charge is 2.21. The summed E-state index contributed by atoms with van der Waals surface area (Å²) in [7, 11) is 0. The van der Waals surface area contributed by atoms with Gasteiger partial charge < -0.3 is 0 Å². The summed E-state index contributed by atoms with van der Waals surface area (Å²) in [4.78, 5) is 1.10. The lowest BCUT2D eigenvalue weighted by atomic mass is 9.86. The van der Waals surface area contributed by atoms with Crippen molar-refractivity contribution in [2.45, 2.75) is 26.2 Å². The number of benzene rings is 1. The van der Waals surface area contributed by atoms with Gasteiger partial charge in [-0.2, -0.15) is 5.10 Å². The highest BCUT2D eigenvalue weighted by molar-refractivity contribution is 7.71. The maximum atomic E-state index is 5.46. The summed E-state index contributed by atoms with van der Waals surface area (Å²) < 4.78 is 2.65. The molecule has 2 aromatic heterocycles. The van der Waals surface area contributed by atoms with Gasteiger partial charge in [-0.1, -0.05) is 45.0 Å². The molecule has 0 aliphatic carbocycles. The smallest absolute Gasteiger partial charge is 0.200 e. The number of H-pyrrole nitrogens is 1. The van der Waals surface area contributed by atoms with Crippen LogP contribution in [0.4, 0.5) is 0 Å². The van der Waals surface area contributed by atoms with Gasteiger partial charge in [0.2, 0.25) is 0 Å². The Hall–Kier alpha value is -1.72. The summed E-state index contributed by atoms with van der Waals surface area (Å²) in [6.45, 7) is 6.63. The van der Waals surface area contributed by atoms with Crippen LogP contribution in [0.25, 0.3) is 16.4 Å². The van der Waals surface area contributed by atoms with Crippen molar-refractivity contribution in [1.29, 1.82) is 0 Å². The molecular weight excluding hydrogens is 298 g/mol. The number of aromatic nitrogens is 3. The molecule has 0 unspecified atom stereocenters. The predicted molar refractivity (Wildman–Crippen MR) is 90.8 cm³/mol. The molecule has 3 aromatic rings. The number of aromatic amines is 1. The van der Waals surface area contributed by atoms with Crippen LogP contribution >= 0.6 is 23.6 Å². The molecule has 21 heavy (non-hydrogen) atoms. The molecule has 0 aliphatic rings. The minimum absolute atomic E-state index is 0.0371. The second kappa shape index (κ2) is 5.24. The molecule has 0 aliphatic heterocycles. The van der Waals surface area contributed by atoms with Crippen LogP contribution in [0.5, 0.6) is 0 Å². The van der Waals surface area contributed by atoms with Gasteiger partial charge in [0.1, 0.15) is 0 Å². The Kier molecular flexibility index (Phi) is 3.55. The van der Waals surface area contributed by atoms with Crippen LogP contribution in [-0.2, 0) is 5.41 Å². The van der Waals surface area contributed by atoms with Crippen LogP contribution in [0.15, 0.2) is 41.8 Å². The summed E-state index contributed by atoms with van der Waals surface area (Å²) in [6.07, 6.45) is 0.